The van der Waals surface area contributed by atoms with Crippen molar-refractivity contribution < 1.29 is 27.2 Å². The minimum Gasteiger partial charge on any atom is -0.493 e. The topological polar surface area (TPSA) is 108 Å². The largest absolute Gasteiger partial charge is 0.493 e. The number of ether oxygens (including phenoxy) is 3. The second kappa shape index (κ2) is 9.67. The highest BCUT2D eigenvalue weighted by Gasteiger charge is 2.11. The predicted molar refractivity (Wildman–Crippen MR) is 97.2 cm³/mol. The Hall–Kier alpha value is -2.55. The van der Waals surface area contributed by atoms with Crippen molar-refractivity contribution in [1.82, 2.24) is 0 Å². The van der Waals surface area contributed by atoms with Gasteiger partial charge >= 0.3 is 10.3 Å². The van der Waals surface area contributed by atoms with Crippen LogP contribution in [0.25, 0.3) is 12.2 Å². The number of hydrogen-bond donors (Lipinski definition) is 2. The second-order valence-corrected chi connectivity index (χ2v) is 5.75. The molecule has 2 aromatic carbocycles. The Bertz CT molecular complexity index is 770. The summed E-state index contributed by atoms with van der Waals surface area (Å²) in [5.74, 6) is 1.91. The van der Waals surface area contributed by atoms with Gasteiger partial charge in [0, 0.05) is 0 Å². The van der Waals surface area contributed by atoms with Crippen LogP contribution in [0.1, 0.15) is 11.1 Å². The molecule has 0 aliphatic heterocycles. The van der Waals surface area contributed by atoms with Crippen LogP contribution in [0.4, 0.5) is 0 Å². The Labute approximate surface area is 147 Å². The lowest BCUT2D eigenvalue weighted by atomic mass is 10.1. The SMILES string of the molecule is COc1cc(/C=C/c2ccccc2)cc(OC)c1OC.NS(=O)(=O)O. The zero-order valence-corrected chi connectivity index (χ0v) is 15.0. The second-order valence-electron chi connectivity index (χ2n) is 4.72. The first-order valence-corrected chi connectivity index (χ1v) is 8.57. The molecule has 136 valence electrons. The van der Waals surface area contributed by atoms with E-state index in [0.717, 1.165) is 11.1 Å². The molecule has 0 aromatic heterocycles. The summed E-state index contributed by atoms with van der Waals surface area (Å²) in [4.78, 5) is 0. The molecular weight excluding hydrogens is 346 g/mol. The Morgan fingerprint density at radius 1 is 0.880 bits per heavy atom. The molecule has 0 radical (unpaired) electrons. The molecule has 0 fully saturated rings. The molecular formula is C17H21NO6S. The van der Waals surface area contributed by atoms with Gasteiger partial charge in [0.1, 0.15) is 0 Å². The summed E-state index contributed by atoms with van der Waals surface area (Å²) in [5, 5.41) is 3.88. The number of methoxy groups -OCH3 is 3. The molecule has 0 unspecified atom stereocenters. The zero-order chi connectivity index (χ0) is 18.9. The summed E-state index contributed by atoms with van der Waals surface area (Å²) in [7, 11) is 0.657. The van der Waals surface area contributed by atoms with Crippen molar-refractivity contribution in [1.29, 1.82) is 0 Å². The molecule has 0 aliphatic rings. The van der Waals surface area contributed by atoms with Crippen molar-refractivity contribution >= 4 is 22.5 Å². The van der Waals surface area contributed by atoms with E-state index in [4.69, 9.17) is 27.2 Å². The fourth-order valence-electron chi connectivity index (χ4n) is 1.95. The van der Waals surface area contributed by atoms with Gasteiger partial charge in [-0.1, -0.05) is 42.5 Å². The van der Waals surface area contributed by atoms with Crippen LogP contribution in [0, 0.1) is 0 Å². The molecule has 0 aliphatic carbocycles. The lowest BCUT2D eigenvalue weighted by Crippen LogP contribution is -2.08. The van der Waals surface area contributed by atoms with E-state index < -0.39 is 10.3 Å². The zero-order valence-electron chi connectivity index (χ0n) is 14.2. The van der Waals surface area contributed by atoms with Crippen molar-refractivity contribution in [2.24, 2.45) is 5.14 Å². The molecule has 0 spiro atoms. The molecule has 3 N–H and O–H groups in total. The Morgan fingerprint density at radius 2 is 1.32 bits per heavy atom. The molecule has 25 heavy (non-hydrogen) atoms. The van der Waals surface area contributed by atoms with Crippen LogP contribution in [0.15, 0.2) is 42.5 Å². The molecule has 0 atom stereocenters. The molecule has 0 saturated carbocycles. The smallest absolute Gasteiger partial charge is 0.330 e. The minimum atomic E-state index is -4.17. The molecule has 0 heterocycles. The van der Waals surface area contributed by atoms with E-state index in [1.807, 2.05) is 42.5 Å². The number of hydrogen-bond acceptors (Lipinski definition) is 5. The van der Waals surface area contributed by atoms with Crippen LogP contribution < -0.4 is 19.3 Å². The van der Waals surface area contributed by atoms with Crippen LogP contribution in [0.2, 0.25) is 0 Å². The van der Waals surface area contributed by atoms with E-state index in [-0.39, 0.29) is 0 Å². The van der Waals surface area contributed by atoms with Crippen molar-refractivity contribution in [3.63, 3.8) is 0 Å². The molecule has 2 rings (SSSR count). The van der Waals surface area contributed by atoms with Crippen LogP contribution in [0.3, 0.4) is 0 Å². The van der Waals surface area contributed by atoms with Gasteiger partial charge in [-0.3, -0.25) is 4.55 Å². The van der Waals surface area contributed by atoms with Gasteiger partial charge in [-0.25, -0.2) is 5.14 Å². The number of benzene rings is 2. The maximum atomic E-state index is 8.97. The first-order chi connectivity index (χ1) is 11.8. The van der Waals surface area contributed by atoms with E-state index in [0.29, 0.717) is 17.2 Å². The number of nitrogens with two attached hydrogens (primary N) is 1. The van der Waals surface area contributed by atoms with Crippen LogP contribution in [-0.4, -0.2) is 34.3 Å². The first kappa shape index (κ1) is 20.5. The average molecular weight is 367 g/mol. The van der Waals surface area contributed by atoms with E-state index in [1.54, 1.807) is 21.3 Å². The van der Waals surface area contributed by atoms with Gasteiger partial charge in [0.05, 0.1) is 21.3 Å². The molecule has 0 saturated heterocycles. The third-order valence-corrected chi connectivity index (χ3v) is 2.95. The first-order valence-electron chi connectivity index (χ1n) is 7.06. The van der Waals surface area contributed by atoms with Gasteiger partial charge < -0.3 is 14.2 Å². The molecule has 0 amide bonds. The Morgan fingerprint density at radius 3 is 1.72 bits per heavy atom. The molecule has 7 nitrogen and oxygen atoms in total. The van der Waals surface area contributed by atoms with Crippen molar-refractivity contribution in [2.45, 2.75) is 0 Å². The van der Waals surface area contributed by atoms with Gasteiger partial charge in [-0.2, -0.15) is 8.42 Å². The highest BCUT2D eigenvalue weighted by atomic mass is 32.2. The van der Waals surface area contributed by atoms with Gasteiger partial charge in [-0.05, 0) is 23.3 Å². The summed E-state index contributed by atoms with van der Waals surface area (Å²) < 4.78 is 41.2. The normalized spacial score (nSPS) is 10.8. The van der Waals surface area contributed by atoms with E-state index in [9.17, 15) is 0 Å². The molecule has 8 heteroatoms. The quantitative estimate of drug-likeness (QED) is 0.621. The lowest BCUT2D eigenvalue weighted by molar-refractivity contribution is 0.324. The van der Waals surface area contributed by atoms with Crippen molar-refractivity contribution in [2.75, 3.05) is 21.3 Å². The fourth-order valence-corrected chi connectivity index (χ4v) is 1.95. The minimum absolute atomic E-state index is 0.604. The van der Waals surface area contributed by atoms with Gasteiger partial charge in [0.2, 0.25) is 5.75 Å². The van der Waals surface area contributed by atoms with Gasteiger partial charge in [-0.15, -0.1) is 0 Å². The molecule has 2 aromatic rings. The fraction of sp³-hybridized carbons (Fsp3) is 0.176. The van der Waals surface area contributed by atoms with Crippen LogP contribution in [-0.2, 0) is 10.3 Å². The Kier molecular flexibility index (Phi) is 7.93. The Balaban J connectivity index is 0.000000550. The van der Waals surface area contributed by atoms with Crippen LogP contribution >= 0.6 is 0 Å². The third-order valence-electron chi connectivity index (χ3n) is 2.95. The summed E-state index contributed by atoms with van der Waals surface area (Å²) in [6.07, 6.45) is 4.06. The standard InChI is InChI=1S/C17H18O3.H3NO3S/c1-18-15-11-14(12-16(19-2)17(15)20-3)10-9-13-7-5-4-6-8-13;1-5(2,3)4/h4-12H,1-3H3;(H3,1,2,3,4)/b10-9+;. The maximum Gasteiger partial charge on any atom is 0.330 e. The molecule has 0 bridgehead atoms. The highest BCUT2D eigenvalue weighted by molar-refractivity contribution is 7.83. The summed E-state index contributed by atoms with van der Waals surface area (Å²) in [6.45, 7) is 0. The summed E-state index contributed by atoms with van der Waals surface area (Å²) in [5.41, 5.74) is 2.13. The highest BCUT2D eigenvalue weighted by Crippen LogP contribution is 2.38. The average Bonchev–Trinajstić information content (AvgIpc) is 2.58. The van der Waals surface area contributed by atoms with Gasteiger partial charge in [0.25, 0.3) is 0 Å². The monoisotopic (exact) mass is 367 g/mol. The van der Waals surface area contributed by atoms with E-state index >= 15 is 0 Å². The third kappa shape index (κ3) is 7.71. The van der Waals surface area contributed by atoms with E-state index in [2.05, 4.69) is 17.3 Å². The van der Waals surface area contributed by atoms with Gasteiger partial charge in [0.15, 0.2) is 11.5 Å². The lowest BCUT2D eigenvalue weighted by Gasteiger charge is -2.12. The predicted octanol–water partition coefficient (Wildman–Crippen LogP) is 2.63. The maximum absolute atomic E-state index is 8.97. The van der Waals surface area contributed by atoms with E-state index in [1.165, 1.54) is 0 Å². The number of rotatable bonds is 5. The van der Waals surface area contributed by atoms with Crippen molar-refractivity contribution in [3.05, 3.63) is 53.6 Å². The summed E-state index contributed by atoms with van der Waals surface area (Å²) in [6, 6.07) is 13.9. The van der Waals surface area contributed by atoms with Crippen molar-refractivity contribution in [3.8, 4) is 17.2 Å². The van der Waals surface area contributed by atoms with Crippen LogP contribution in [0.5, 0.6) is 17.2 Å². The summed E-state index contributed by atoms with van der Waals surface area (Å²) >= 11 is 0.